The minimum Gasteiger partial charge on any atom is -0.496 e. The SMILES string of the molecule is COc1ccc2c(C)c(Cc3ccccc3)c(=O)oc2c1I. The van der Waals surface area contributed by atoms with Gasteiger partial charge < -0.3 is 9.15 Å². The number of fused-ring (bicyclic) bond motifs is 1. The van der Waals surface area contributed by atoms with E-state index in [1.807, 2.05) is 49.4 Å². The Morgan fingerprint density at radius 3 is 2.55 bits per heavy atom. The van der Waals surface area contributed by atoms with Crippen LogP contribution in [0.5, 0.6) is 5.75 Å². The highest BCUT2D eigenvalue weighted by molar-refractivity contribution is 14.1. The first kappa shape index (κ1) is 15.1. The molecule has 0 aliphatic rings. The number of rotatable bonds is 3. The highest BCUT2D eigenvalue weighted by Crippen LogP contribution is 2.31. The molecular weight excluding hydrogens is 391 g/mol. The lowest BCUT2D eigenvalue weighted by atomic mass is 10.00. The van der Waals surface area contributed by atoms with Crippen molar-refractivity contribution in [2.24, 2.45) is 0 Å². The summed E-state index contributed by atoms with van der Waals surface area (Å²) in [6.07, 6.45) is 0.577. The van der Waals surface area contributed by atoms with Crippen LogP contribution in [0.15, 0.2) is 51.7 Å². The van der Waals surface area contributed by atoms with Crippen molar-refractivity contribution < 1.29 is 9.15 Å². The van der Waals surface area contributed by atoms with E-state index in [0.29, 0.717) is 23.3 Å². The smallest absolute Gasteiger partial charge is 0.340 e. The average Bonchev–Trinajstić information content (AvgIpc) is 2.53. The van der Waals surface area contributed by atoms with E-state index in [-0.39, 0.29) is 5.63 Å². The predicted molar refractivity (Wildman–Crippen MR) is 95.7 cm³/mol. The third kappa shape index (κ3) is 2.63. The van der Waals surface area contributed by atoms with E-state index in [0.717, 1.165) is 20.1 Å². The van der Waals surface area contributed by atoms with Crippen molar-refractivity contribution in [2.45, 2.75) is 13.3 Å². The van der Waals surface area contributed by atoms with Gasteiger partial charge in [-0.1, -0.05) is 30.3 Å². The van der Waals surface area contributed by atoms with Gasteiger partial charge in [-0.2, -0.15) is 0 Å². The van der Waals surface area contributed by atoms with E-state index in [1.165, 1.54) is 0 Å². The van der Waals surface area contributed by atoms with Crippen molar-refractivity contribution in [3.8, 4) is 5.75 Å². The molecule has 0 spiro atoms. The average molecular weight is 406 g/mol. The van der Waals surface area contributed by atoms with Gasteiger partial charge in [0.05, 0.1) is 10.7 Å². The zero-order chi connectivity index (χ0) is 15.7. The molecule has 0 saturated heterocycles. The monoisotopic (exact) mass is 406 g/mol. The molecule has 4 heteroatoms. The van der Waals surface area contributed by atoms with Crippen LogP contribution < -0.4 is 10.4 Å². The number of hydrogen-bond donors (Lipinski definition) is 0. The fourth-order valence-corrected chi connectivity index (χ4v) is 3.37. The van der Waals surface area contributed by atoms with E-state index in [4.69, 9.17) is 9.15 Å². The number of halogens is 1. The molecule has 0 radical (unpaired) electrons. The lowest BCUT2D eigenvalue weighted by Gasteiger charge is -2.11. The highest BCUT2D eigenvalue weighted by Gasteiger charge is 2.15. The number of aryl methyl sites for hydroxylation is 1. The Kier molecular flexibility index (Phi) is 4.20. The lowest BCUT2D eigenvalue weighted by Crippen LogP contribution is -2.11. The quantitative estimate of drug-likeness (QED) is 0.481. The molecule has 3 aromatic rings. The summed E-state index contributed by atoms with van der Waals surface area (Å²) in [6.45, 7) is 1.97. The van der Waals surface area contributed by atoms with Crippen LogP contribution in [-0.4, -0.2) is 7.11 Å². The van der Waals surface area contributed by atoms with Crippen LogP contribution in [-0.2, 0) is 6.42 Å². The summed E-state index contributed by atoms with van der Waals surface area (Å²) in [4.78, 5) is 12.4. The van der Waals surface area contributed by atoms with Crippen LogP contribution in [0.3, 0.4) is 0 Å². The first-order chi connectivity index (χ1) is 10.6. The zero-order valence-electron chi connectivity index (χ0n) is 12.4. The Labute approximate surface area is 142 Å². The molecule has 3 rings (SSSR count). The molecule has 1 aromatic heterocycles. The molecule has 0 amide bonds. The summed E-state index contributed by atoms with van der Waals surface area (Å²) < 4.78 is 11.7. The van der Waals surface area contributed by atoms with E-state index < -0.39 is 0 Å². The van der Waals surface area contributed by atoms with E-state index in [9.17, 15) is 4.79 Å². The Balaban J connectivity index is 2.19. The van der Waals surface area contributed by atoms with Crippen molar-refractivity contribution in [3.63, 3.8) is 0 Å². The molecule has 0 aliphatic heterocycles. The summed E-state index contributed by atoms with van der Waals surface area (Å²) >= 11 is 2.15. The molecule has 0 unspecified atom stereocenters. The van der Waals surface area contributed by atoms with Crippen molar-refractivity contribution >= 4 is 33.6 Å². The first-order valence-electron chi connectivity index (χ1n) is 6.94. The lowest BCUT2D eigenvalue weighted by molar-refractivity contribution is 0.410. The van der Waals surface area contributed by atoms with E-state index in [2.05, 4.69) is 22.6 Å². The predicted octanol–water partition coefficient (Wildman–Crippen LogP) is 4.31. The van der Waals surface area contributed by atoms with E-state index >= 15 is 0 Å². The largest absolute Gasteiger partial charge is 0.496 e. The maximum Gasteiger partial charge on any atom is 0.340 e. The molecule has 0 atom stereocenters. The summed E-state index contributed by atoms with van der Waals surface area (Å²) in [6, 6.07) is 13.8. The van der Waals surface area contributed by atoms with Gasteiger partial charge in [-0.15, -0.1) is 0 Å². The minimum atomic E-state index is -0.278. The number of methoxy groups -OCH3 is 1. The highest BCUT2D eigenvalue weighted by atomic mass is 127. The Morgan fingerprint density at radius 2 is 1.86 bits per heavy atom. The standard InChI is InChI=1S/C18H15IO3/c1-11-13-8-9-15(21-2)16(19)17(13)22-18(20)14(11)10-12-6-4-3-5-7-12/h3-9H,10H2,1-2H3. The van der Waals surface area contributed by atoms with Crippen LogP contribution in [0.2, 0.25) is 0 Å². The van der Waals surface area contributed by atoms with Gasteiger partial charge in [0.1, 0.15) is 5.75 Å². The Morgan fingerprint density at radius 1 is 1.14 bits per heavy atom. The van der Waals surface area contributed by atoms with Crippen molar-refractivity contribution in [3.05, 3.63) is 73.1 Å². The Hall–Kier alpha value is -1.82. The molecule has 0 bridgehead atoms. The van der Waals surface area contributed by atoms with Gasteiger partial charge in [0.15, 0.2) is 5.58 Å². The normalized spacial score (nSPS) is 10.9. The van der Waals surface area contributed by atoms with Gasteiger partial charge in [0, 0.05) is 17.4 Å². The topological polar surface area (TPSA) is 39.4 Å². The number of hydrogen-bond acceptors (Lipinski definition) is 3. The molecular formula is C18H15IO3. The minimum absolute atomic E-state index is 0.278. The molecule has 1 heterocycles. The van der Waals surface area contributed by atoms with Gasteiger partial charge >= 0.3 is 5.63 Å². The zero-order valence-corrected chi connectivity index (χ0v) is 14.5. The van der Waals surface area contributed by atoms with Crippen molar-refractivity contribution in [2.75, 3.05) is 7.11 Å². The van der Waals surface area contributed by atoms with Crippen LogP contribution in [0.25, 0.3) is 11.0 Å². The fraction of sp³-hybridized carbons (Fsp3) is 0.167. The summed E-state index contributed by atoms with van der Waals surface area (Å²) in [7, 11) is 1.61. The number of benzene rings is 2. The molecule has 112 valence electrons. The maximum atomic E-state index is 12.4. The van der Waals surface area contributed by atoms with E-state index in [1.54, 1.807) is 7.11 Å². The second-order valence-electron chi connectivity index (χ2n) is 5.11. The van der Waals surface area contributed by atoms with Crippen molar-refractivity contribution in [1.82, 2.24) is 0 Å². The van der Waals surface area contributed by atoms with Gasteiger partial charge in [-0.3, -0.25) is 0 Å². The molecule has 0 saturated carbocycles. The fourth-order valence-electron chi connectivity index (χ4n) is 2.57. The summed E-state index contributed by atoms with van der Waals surface area (Å²) in [5, 5.41) is 0.954. The van der Waals surface area contributed by atoms with Gasteiger partial charge in [0.2, 0.25) is 0 Å². The van der Waals surface area contributed by atoms with Crippen LogP contribution in [0.1, 0.15) is 16.7 Å². The Bertz CT molecular complexity index is 882. The van der Waals surface area contributed by atoms with Crippen LogP contribution in [0, 0.1) is 10.5 Å². The first-order valence-corrected chi connectivity index (χ1v) is 8.02. The number of ether oxygens (including phenoxy) is 1. The molecule has 0 fully saturated rings. The molecule has 0 N–H and O–H groups in total. The summed E-state index contributed by atoms with van der Waals surface area (Å²) in [5.41, 5.74) is 3.09. The van der Waals surface area contributed by atoms with Gasteiger partial charge in [-0.25, -0.2) is 4.79 Å². The van der Waals surface area contributed by atoms with Gasteiger partial charge in [-0.05, 0) is 52.8 Å². The van der Waals surface area contributed by atoms with Crippen molar-refractivity contribution in [1.29, 1.82) is 0 Å². The molecule has 0 aliphatic carbocycles. The molecule has 22 heavy (non-hydrogen) atoms. The van der Waals surface area contributed by atoms with Crippen LogP contribution >= 0.6 is 22.6 Å². The maximum absolute atomic E-state index is 12.4. The third-order valence-electron chi connectivity index (χ3n) is 3.80. The second kappa shape index (κ2) is 6.12. The van der Waals surface area contributed by atoms with Gasteiger partial charge in [0.25, 0.3) is 0 Å². The second-order valence-corrected chi connectivity index (χ2v) is 6.19. The third-order valence-corrected chi connectivity index (χ3v) is 4.82. The summed E-state index contributed by atoms with van der Waals surface area (Å²) in [5.74, 6) is 0.714. The van der Waals surface area contributed by atoms with Crippen LogP contribution in [0.4, 0.5) is 0 Å². The molecule has 2 aromatic carbocycles. The molecule has 3 nitrogen and oxygen atoms in total.